The summed E-state index contributed by atoms with van der Waals surface area (Å²) < 4.78 is 7.39. The second-order valence-corrected chi connectivity index (χ2v) is 6.94. The number of aliphatic imine (C=N–C) groups is 1. The van der Waals surface area contributed by atoms with Gasteiger partial charge in [-0.2, -0.15) is 4.98 Å². The summed E-state index contributed by atoms with van der Waals surface area (Å²) >= 11 is 0. The minimum absolute atomic E-state index is 0.452. The maximum Gasteiger partial charge on any atom is 0.270 e. The van der Waals surface area contributed by atoms with E-state index in [4.69, 9.17) is 4.74 Å². The highest BCUT2D eigenvalue weighted by atomic mass is 16.5. The molecule has 0 amide bonds. The second-order valence-electron chi connectivity index (χ2n) is 6.94. The van der Waals surface area contributed by atoms with Crippen molar-refractivity contribution in [1.82, 2.24) is 24.6 Å². The molecule has 3 heterocycles. The van der Waals surface area contributed by atoms with Crippen LogP contribution < -0.4 is 4.74 Å². The van der Waals surface area contributed by atoms with Crippen LogP contribution in [0.15, 0.2) is 47.8 Å². The fraction of sp³-hybridized carbons (Fsp3) is 0.286. The van der Waals surface area contributed by atoms with Crippen LogP contribution in [0.25, 0.3) is 27.7 Å². The van der Waals surface area contributed by atoms with Crippen LogP contribution in [0.1, 0.15) is 32.1 Å². The van der Waals surface area contributed by atoms with E-state index >= 15 is 0 Å². The molecular weight excluding hydrogens is 352 g/mol. The number of methoxy groups -OCH3 is 1. The average Bonchev–Trinajstić information content (AvgIpc) is 3.17. The smallest absolute Gasteiger partial charge is 0.270 e. The molecule has 5 rings (SSSR count). The van der Waals surface area contributed by atoms with Gasteiger partial charge in [0.15, 0.2) is 0 Å². The van der Waals surface area contributed by atoms with Crippen LogP contribution in [0.4, 0.5) is 5.95 Å². The van der Waals surface area contributed by atoms with Gasteiger partial charge < -0.3 is 4.74 Å². The quantitative estimate of drug-likeness (QED) is 0.533. The van der Waals surface area contributed by atoms with E-state index in [0.29, 0.717) is 11.8 Å². The standard InChI is InChI=1S/C21H20N6O/c1-28-20-19-16(14-7-8-17-18(13-14)23-11-10-22-17)9-12-27(19)26-21(25-20)24-15-5-3-2-4-6-15/h7-13H,2-6H2,1H3. The van der Waals surface area contributed by atoms with Crippen molar-refractivity contribution in [3.63, 3.8) is 0 Å². The molecule has 0 saturated heterocycles. The summed E-state index contributed by atoms with van der Waals surface area (Å²) in [4.78, 5) is 18.0. The molecule has 1 aliphatic rings. The molecule has 1 aliphatic carbocycles. The lowest BCUT2D eigenvalue weighted by atomic mass is 9.99. The first-order valence-corrected chi connectivity index (χ1v) is 9.53. The first-order valence-electron chi connectivity index (χ1n) is 9.53. The van der Waals surface area contributed by atoms with Crippen molar-refractivity contribution in [2.45, 2.75) is 32.1 Å². The molecule has 1 saturated carbocycles. The Hall–Kier alpha value is -3.35. The minimum Gasteiger partial charge on any atom is -0.479 e. The molecule has 0 bridgehead atoms. The Morgan fingerprint density at radius 3 is 2.64 bits per heavy atom. The lowest BCUT2D eigenvalue weighted by molar-refractivity contribution is 0.399. The Morgan fingerprint density at radius 2 is 1.82 bits per heavy atom. The monoisotopic (exact) mass is 372 g/mol. The third kappa shape index (κ3) is 2.98. The average molecular weight is 372 g/mol. The number of ether oxygens (including phenoxy) is 1. The summed E-state index contributed by atoms with van der Waals surface area (Å²) in [6.45, 7) is 0. The van der Waals surface area contributed by atoms with Gasteiger partial charge in [0.05, 0.1) is 18.1 Å². The van der Waals surface area contributed by atoms with Crippen LogP contribution in [-0.2, 0) is 0 Å². The summed E-state index contributed by atoms with van der Waals surface area (Å²) in [6.07, 6.45) is 11.0. The molecule has 0 aliphatic heterocycles. The topological polar surface area (TPSA) is 77.6 Å². The highest BCUT2D eigenvalue weighted by Gasteiger charge is 2.16. The van der Waals surface area contributed by atoms with Crippen molar-refractivity contribution in [2.24, 2.45) is 4.99 Å². The van der Waals surface area contributed by atoms with Gasteiger partial charge in [0, 0.05) is 29.9 Å². The summed E-state index contributed by atoms with van der Waals surface area (Å²) in [5, 5.41) is 4.60. The zero-order valence-corrected chi connectivity index (χ0v) is 15.7. The fourth-order valence-electron chi connectivity index (χ4n) is 3.75. The molecule has 7 nitrogen and oxygen atoms in total. The Morgan fingerprint density at radius 1 is 1.00 bits per heavy atom. The molecule has 1 aromatic carbocycles. The van der Waals surface area contributed by atoms with Gasteiger partial charge >= 0.3 is 0 Å². The van der Waals surface area contributed by atoms with Gasteiger partial charge in [0.2, 0.25) is 5.88 Å². The summed E-state index contributed by atoms with van der Waals surface area (Å²) in [5.41, 5.74) is 5.71. The number of nitrogens with zero attached hydrogens (tertiary/aromatic N) is 6. The molecule has 4 aromatic rings. The van der Waals surface area contributed by atoms with Crippen LogP contribution in [0.5, 0.6) is 5.88 Å². The van der Waals surface area contributed by atoms with E-state index in [1.807, 2.05) is 30.5 Å². The largest absolute Gasteiger partial charge is 0.479 e. The highest BCUT2D eigenvalue weighted by Crippen LogP contribution is 2.33. The number of aromatic nitrogens is 5. The van der Waals surface area contributed by atoms with E-state index in [2.05, 4.69) is 25.0 Å². The number of rotatable bonds is 3. The van der Waals surface area contributed by atoms with Gasteiger partial charge in [0.25, 0.3) is 5.95 Å². The Bertz CT molecular complexity index is 1190. The number of benzene rings is 1. The maximum atomic E-state index is 5.60. The van der Waals surface area contributed by atoms with Crippen LogP contribution >= 0.6 is 0 Å². The molecule has 7 heteroatoms. The van der Waals surface area contributed by atoms with Crippen molar-refractivity contribution in [2.75, 3.05) is 7.11 Å². The molecule has 0 atom stereocenters. The third-order valence-electron chi connectivity index (χ3n) is 5.13. The Labute approximate surface area is 162 Å². The van der Waals surface area contributed by atoms with Crippen LogP contribution in [0, 0.1) is 0 Å². The SMILES string of the molecule is COc1nc(N=C2CCCCC2)nn2ccc(-c3ccc4nccnc4c3)c12. The van der Waals surface area contributed by atoms with Gasteiger partial charge in [0.1, 0.15) is 5.52 Å². The van der Waals surface area contributed by atoms with E-state index < -0.39 is 0 Å². The van der Waals surface area contributed by atoms with E-state index in [-0.39, 0.29) is 0 Å². The zero-order valence-electron chi connectivity index (χ0n) is 15.7. The van der Waals surface area contributed by atoms with Crippen molar-refractivity contribution >= 4 is 28.2 Å². The fourth-order valence-corrected chi connectivity index (χ4v) is 3.75. The van der Waals surface area contributed by atoms with E-state index in [1.54, 1.807) is 24.0 Å². The van der Waals surface area contributed by atoms with Crippen LogP contribution in [0.3, 0.4) is 0 Å². The normalized spacial score (nSPS) is 14.5. The zero-order chi connectivity index (χ0) is 18.9. The molecular formula is C21H20N6O. The van der Waals surface area contributed by atoms with Gasteiger partial charge in [-0.15, -0.1) is 5.10 Å². The molecule has 28 heavy (non-hydrogen) atoms. The molecule has 140 valence electrons. The first kappa shape index (κ1) is 16.8. The highest BCUT2D eigenvalue weighted by molar-refractivity contribution is 5.90. The number of hydrogen-bond acceptors (Lipinski definition) is 6. The first-order chi connectivity index (χ1) is 13.8. The third-order valence-corrected chi connectivity index (χ3v) is 5.13. The molecule has 0 unspecified atom stereocenters. The summed E-state index contributed by atoms with van der Waals surface area (Å²) in [7, 11) is 1.63. The van der Waals surface area contributed by atoms with E-state index in [1.165, 1.54) is 25.0 Å². The number of hydrogen-bond donors (Lipinski definition) is 0. The lowest BCUT2D eigenvalue weighted by Crippen LogP contribution is -2.05. The maximum absolute atomic E-state index is 5.60. The van der Waals surface area contributed by atoms with Crippen molar-refractivity contribution in [3.05, 3.63) is 42.9 Å². The molecule has 0 N–H and O–H groups in total. The van der Waals surface area contributed by atoms with Gasteiger partial charge in [-0.05, 0) is 49.4 Å². The lowest BCUT2D eigenvalue weighted by Gasteiger charge is -2.12. The van der Waals surface area contributed by atoms with E-state index in [9.17, 15) is 0 Å². The van der Waals surface area contributed by atoms with Gasteiger partial charge in [-0.1, -0.05) is 12.5 Å². The van der Waals surface area contributed by atoms with Gasteiger partial charge in [-0.3, -0.25) is 9.97 Å². The molecule has 1 fully saturated rings. The molecule has 3 aromatic heterocycles. The number of fused-ring (bicyclic) bond motifs is 2. The predicted molar refractivity (Wildman–Crippen MR) is 108 cm³/mol. The minimum atomic E-state index is 0.452. The van der Waals surface area contributed by atoms with Crippen molar-refractivity contribution < 1.29 is 4.74 Å². The second kappa shape index (κ2) is 6.99. The van der Waals surface area contributed by atoms with Gasteiger partial charge in [-0.25, -0.2) is 9.51 Å². The van der Waals surface area contributed by atoms with Crippen LogP contribution in [-0.4, -0.2) is 37.4 Å². The van der Waals surface area contributed by atoms with E-state index in [0.717, 1.165) is 40.5 Å². The van der Waals surface area contributed by atoms with Crippen molar-refractivity contribution in [3.8, 4) is 17.0 Å². The predicted octanol–water partition coefficient (Wildman–Crippen LogP) is 4.38. The molecule has 0 radical (unpaired) electrons. The molecule has 0 spiro atoms. The Kier molecular flexibility index (Phi) is 4.20. The summed E-state index contributed by atoms with van der Waals surface area (Å²) in [6, 6.07) is 8.04. The Balaban J connectivity index is 1.62. The van der Waals surface area contributed by atoms with Crippen LogP contribution in [0.2, 0.25) is 0 Å². The van der Waals surface area contributed by atoms with Crippen molar-refractivity contribution in [1.29, 1.82) is 0 Å². The summed E-state index contributed by atoms with van der Waals surface area (Å²) in [5.74, 6) is 0.970.